The van der Waals surface area contributed by atoms with Crippen molar-refractivity contribution in [1.29, 1.82) is 0 Å². The predicted octanol–water partition coefficient (Wildman–Crippen LogP) is 5.19. The van der Waals surface area contributed by atoms with Gasteiger partial charge in [-0.3, -0.25) is 0 Å². The van der Waals surface area contributed by atoms with Crippen molar-refractivity contribution in [1.82, 2.24) is 0 Å². The molecule has 0 amide bonds. The van der Waals surface area contributed by atoms with Gasteiger partial charge in [-0.15, -0.1) is 0 Å². The van der Waals surface area contributed by atoms with E-state index in [1.807, 2.05) is 0 Å². The van der Waals surface area contributed by atoms with Gasteiger partial charge >= 0.3 is 12.1 Å². The van der Waals surface area contributed by atoms with E-state index < -0.39 is 29.1 Å². The van der Waals surface area contributed by atoms with Crippen LogP contribution >= 0.6 is 11.6 Å². The molecule has 3 rings (SSSR count). The Balaban J connectivity index is 1.86. The van der Waals surface area contributed by atoms with E-state index in [2.05, 4.69) is 0 Å². The number of aromatic carboxylic acids is 1. The molecule has 0 aromatic heterocycles. The summed E-state index contributed by atoms with van der Waals surface area (Å²) in [5, 5.41) is 8.65. The van der Waals surface area contributed by atoms with Gasteiger partial charge in [0.05, 0.1) is 16.1 Å². The van der Waals surface area contributed by atoms with Crippen LogP contribution in [0.25, 0.3) is 0 Å². The van der Waals surface area contributed by atoms with Crippen LogP contribution in [0.4, 0.5) is 23.2 Å². The van der Waals surface area contributed by atoms with E-state index in [9.17, 15) is 22.4 Å². The van der Waals surface area contributed by atoms with Gasteiger partial charge in [0.2, 0.25) is 0 Å². The Morgan fingerprint density at radius 2 is 1.96 bits per heavy atom. The van der Waals surface area contributed by atoms with Crippen LogP contribution < -0.4 is 4.90 Å². The number of anilines is 1. The van der Waals surface area contributed by atoms with Crippen LogP contribution in [-0.2, 0) is 6.18 Å². The molecule has 138 valence electrons. The molecule has 0 bridgehead atoms. The van der Waals surface area contributed by atoms with Crippen LogP contribution in [0.15, 0.2) is 36.4 Å². The number of carbonyl (C=O) groups is 1. The first-order chi connectivity index (χ1) is 12.2. The average Bonchev–Trinajstić information content (AvgIpc) is 3.04. The lowest BCUT2D eigenvalue weighted by Gasteiger charge is -2.21. The van der Waals surface area contributed by atoms with Crippen LogP contribution in [0.1, 0.15) is 33.8 Å². The summed E-state index contributed by atoms with van der Waals surface area (Å²) in [7, 11) is 0. The molecule has 1 aliphatic heterocycles. The molecule has 0 radical (unpaired) electrons. The van der Waals surface area contributed by atoms with Crippen LogP contribution in [0, 0.1) is 5.82 Å². The van der Waals surface area contributed by atoms with E-state index in [0.29, 0.717) is 25.2 Å². The monoisotopic (exact) mass is 387 g/mol. The Kier molecular flexibility index (Phi) is 4.84. The minimum absolute atomic E-state index is 0.261. The quantitative estimate of drug-likeness (QED) is 0.737. The Labute approximate surface area is 151 Å². The van der Waals surface area contributed by atoms with E-state index >= 15 is 0 Å². The molecule has 1 aliphatic rings. The summed E-state index contributed by atoms with van der Waals surface area (Å²) in [4.78, 5) is 12.8. The zero-order chi connectivity index (χ0) is 19.1. The minimum Gasteiger partial charge on any atom is -0.478 e. The third-order valence-corrected chi connectivity index (χ3v) is 4.84. The van der Waals surface area contributed by atoms with Crippen LogP contribution in [-0.4, -0.2) is 24.2 Å². The van der Waals surface area contributed by atoms with Crippen molar-refractivity contribution in [3.05, 3.63) is 63.9 Å². The zero-order valence-corrected chi connectivity index (χ0v) is 14.1. The Morgan fingerprint density at radius 3 is 2.62 bits per heavy atom. The molecule has 2 aromatic carbocycles. The highest BCUT2D eigenvalue weighted by atomic mass is 35.5. The number of halogens is 5. The molecule has 0 saturated carbocycles. The maximum Gasteiger partial charge on any atom is 0.417 e. The molecule has 1 fully saturated rings. The standard InChI is InChI=1S/C18H14ClF4NO2/c19-15-5-4-11(8-14(15)18(21,22)23)24-7-6-10(9-24)12-2-1-3-13(16(12)20)17(25)26/h1-5,8,10H,6-7,9H2,(H,25,26). The first-order valence-corrected chi connectivity index (χ1v) is 8.19. The molecule has 0 aliphatic carbocycles. The molecule has 1 atom stereocenters. The summed E-state index contributed by atoms with van der Waals surface area (Å²) in [5.74, 6) is -2.45. The molecule has 0 spiro atoms. The van der Waals surface area contributed by atoms with E-state index in [1.165, 1.54) is 30.3 Å². The van der Waals surface area contributed by atoms with Gasteiger partial charge in [0.15, 0.2) is 0 Å². The van der Waals surface area contributed by atoms with Crippen LogP contribution in [0.3, 0.4) is 0 Å². The van der Waals surface area contributed by atoms with Gasteiger partial charge in [-0.25, -0.2) is 9.18 Å². The number of rotatable bonds is 3. The summed E-state index contributed by atoms with van der Waals surface area (Å²) in [6.45, 7) is 0.721. The summed E-state index contributed by atoms with van der Waals surface area (Å²) < 4.78 is 53.5. The fourth-order valence-electron chi connectivity index (χ4n) is 3.21. The molecule has 1 heterocycles. The Morgan fingerprint density at radius 1 is 1.23 bits per heavy atom. The van der Waals surface area contributed by atoms with Crippen molar-refractivity contribution in [2.45, 2.75) is 18.5 Å². The van der Waals surface area contributed by atoms with Crippen molar-refractivity contribution in [2.24, 2.45) is 0 Å². The topological polar surface area (TPSA) is 40.5 Å². The normalized spacial score (nSPS) is 17.6. The highest BCUT2D eigenvalue weighted by molar-refractivity contribution is 6.31. The first kappa shape index (κ1) is 18.5. The lowest BCUT2D eigenvalue weighted by Crippen LogP contribution is -2.20. The van der Waals surface area contributed by atoms with E-state index in [-0.39, 0.29) is 16.5 Å². The Hall–Kier alpha value is -2.28. The number of hydrogen-bond acceptors (Lipinski definition) is 2. The van der Waals surface area contributed by atoms with Crippen molar-refractivity contribution in [2.75, 3.05) is 18.0 Å². The SMILES string of the molecule is O=C(O)c1cccc(C2CCN(c3ccc(Cl)c(C(F)(F)F)c3)C2)c1F. The Bertz CT molecular complexity index is 854. The second-order valence-electron chi connectivity index (χ2n) is 6.11. The van der Waals surface area contributed by atoms with Crippen molar-refractivity contribution in [3.63, 3.8) is 0 Å². The summed E-state index contributed by atoms with van der Waals surface area (Å²) in [6.07, 6.45) is -4.06. The third-order valence-electron chi connectivity index (χ3n) is 4.51. The fourth-order valence-corrected chi connectivity index (χ4v) is 3.43. The first-order valence-electron chi connectivity index (χ1n) is 7.82. The second-order valence-corrected chi connectivity index (χ2v) is 6.51. The van der Waals surface area contributed by atoms with Crippen LogP contribution in [0.5, 0.6) is 0 Å². The lowest BCUT2D eigenvalue weighted by molar-refractivity contribution is -0.137. The molecular formula is C18H14ClF4NO2. The maximum absolute atomic E-state index is 14.4. The fraction of sp³-hybridized carbons (Fsp3) is 0.278. The van der Waals surface area contributed by atoms with Gasteiger partial charge in [0.1, 0.15) is 5.82 Å². The number of alkyl halides is 3. The number of nitrogens with zero attached hydrogens (tertiary/aromatic N) is 1. The number of carboxylic acid groups (broad SMARTS) is 1. The lowest BCUT2D eigenvalue weighted by atomic mass is 9.96. The average molecular weight is 388 g/mol. The van der Waals surface area contributed by atoms with Gasteiger partial charge in [0.25, 0.3) is 0 Å². The van der Waals surface area contributed by atoms with Crippen molar-refractivity contribution >= 4 is 23.3 Å². The van der Waals surface area contributed by atoms with E-state index in [4.69, 9.17) is 16.7 Å². The highest BCUT2D eigenvalue weighted by Crippen LogP contribution is 2.39. The van der Waals surface area contributed by atoms with Crippen molar-refractivity contribution < 1.29 is 27.5 Å². The van der Waals surface area contributed by atoms with Gasteiger partial charge < -0.3 is 10.0 Å². The maximum atomic E-state index is 14.4. The van der Waals surface area contributed by atoms with Gasteiger partial charge in [-0.2, -0.15) is 13.2 Å². The van der Waals surface area contributed by atoms with E-state index in [1.54, 1.807) is 4.90 Å². The predicted molar refractivity (Wildman–Crippen MR) is 89.4 cm³/mol. The van der Waals surface area contributed by atoms with Crippen molar-refractivity contribution in [3.8, 4) is 0 Å². The number of benzene rings is 2. The second kappa shape index (κ2) is 6.79. The zero-order valence-electron chi connectivity index (χ0n) is 13.4. The highest BCUT2D eigenvalue weighted by Gasteiger charge is 2.35. The molecule has 1 N–H and O–H groups in total. The molecule has 3 nitrogen and oxygen atoms in total. The summed E-state index contributed by atoms with van der Waals surface area (Å²) in [5.41, 5.74) is -0.720. The van der Waals surface area contributed by atoms with Gasteiger partial charge in [0, 0.05) is 24.7 Å². The number of carboxylic acids is 1. The van der Waals surface area contributed by atoms with Gasteiger partial charge in [-0.1, -0.05) is 23.7 Å². The number of hydrogen-bond donors (Lipinski definition) is 1. The molecule has 8 heteroatoms. The van der Waals surface area contributed by atoms with Crippen LogP contribution in [0.2, 0.25) is 5.02 Å². The van der Waals surface area contributed by atoms with Gasteiger partial charge in [-0.05, 0) is 36.2 Å². The molecule has 1 unspecified atom stereocenters. The molecular weight excluding hydrogens is 374 g/mol. The molecule has 1 saturated heterocycles. The summed E-state index contributed by atoms with van der Waals surface area (Å²) in [6, 6.07) is 7.83. The smallest absolute Gasteiger partial charge is 0.417 e. The summed E-state index contributed by atoms with van der Waals surface area (Å²) >= 11 is 5.64. The minimum atomic E-state index is -4.56. The largest absolute Gasteiger partial charge is 0.478 e. The van der Waals surface area contributed by atoms with E-state index in [0.717, 1.165) is 6.07 Å². The third kappa shape index (κ3) is 3.49. The molecule has 2 aromatic rings. The molecule has 26 heavy (non-hydrogen) atoms.